The van der Waals surface area contributed by atoms with Gasteiger partial charge in [0.15, 0.2) is 0 Å². The Labute approximate surface area is 116 Å². The Morgan fingerprint density at radius 3 is 3.05 bits per heavy atom. The number of rotatable bonds is 6. The van der Waals surface area contributed by atoms with Crippen molar-refractivity contribution in [2.24, 2.45) is 0 Å². The van der Waals surface area contributed by atoms with Crippen LogP contribution >= 0.6 is 11.3 Å². The van der Waals surface area contributed by atoms with Crippen LogP contribution in [0.1, 0.15) is 28.7 Å². The van der Waals surface area contributed by atoms with Gasteiger partial charge in [0.1, 0.15) is 5.01 Å². The minimum absolute atomic E-state index is 0.115. The van der Waals surface area contributed by atoms with Crippen LogP contribution in [0.4, 0.5) is 5.69 Å². The molecule has 2 N–H and O–H groups in total. The molecule has 0 radical (unpaired) electrons. The van der Waals surface area contributed by atoms with Crippen molar-refractivity contribution in [1.29, 1.82) is 0 Å². The van der Waals surface area contributed by atoms with Gasteiger partial charge in [0.05, 0.1) is 24.0 Å². The first-order chi connectivity index (χ1) is 9.31. The number of hydrogen-bond acceptors (Lipinski definition) is 5. The molecule has 0 atom stereocenters. The van der Waals surface area contributed by atoms with Gasteiger partial charge in [-0.25, -0.2) is 4.98 Å². The van der Waals surface area contributed by atoms with Crippen molar-refractivity contribution < 1.29 is 4.79 Å². The highest BCUT2D eigenvalue weighted by Gasteiger charge is 2.11. The minimum atomic E-state index is -0.115. The van der Waals surface area contributed by atoms with Gasteiger partial charge in [-0.3, -0.25) is 9.78 Å². The smallest absolute Gasteiger partial charge is 0.253 e. The molecule has 1 amide bonds. The standard InChI is InChI=1S/C13H16N4OS/c1-2-4-15-11-8-14-5-3-10(11)13(18)17-9-12-16-6-7-19-12/h3,5-8,15H,2,4,9H2,1H3,(H,17,18). The van der Waals surface area contributed by atoms with E-state index in [-0.39, 0.29) is 5.91 Å². The molecule has 2 heterocycles. The first kappa shape index (κ1) is 13.5. The molecule has 2 rings (SSSR count). The molecular weight excluding hydrogens is 260 g/mol. The summed E-state index contributed by atoms with van der Waals surface area (Å²) in [6.07, 6.45) is 6.02. The average molecular weight is 276 g/mol. The van der Waals surface area contributed by atoms with Crippen LogP contribution in [0.5, 0.6) is 0 Å². The Balaban J connectivity index is 2.01. The molecule has 0 bridgehead atoms. The van der Waals surface area contributed by atoms with Crippen molar-refractivity contribution in [3.05, 3.63) is 40.6 Å². The van der Waals surface area contributed by atoms with Crippen LogP contribution in [-0.2, 0) is 6.54 Å². The van der Waals surface area contributed by atoms with E-state index in [1.54, 1.807) is 24.7 Å². The lowest BCUT2D eigenvalue weighted by Crippen LogP contribution is -2.24. The van der Waals surface area contributed by atoms with E-state index in [0.29, 0.717) is 12.1 Å². The van der Waals surface area contributed by atoms with E-state index in [4.69, 9.17) is 0 Å². The van der Waals surface area contributed by atoms with Gasteiger partial charge >= 0.3 is 0 Å². The number of hydrogen-bond donors (Lipinski definition) is 2. The van der Waals surface area contributed by atoms with E-state index in [2.05, 4.69) is 27.5 Å². The van der Waals surface area contributed by atoms with E-state index >= 15 is 0 Å². The summed E-state index contributed by atoms with van der Waals surface area (Å²) >= 11 is 1.52. The maximum Gasteiger partial charge on any atom is 0.253 e. The van der Waals surface area contributed by atoms with Crippen LogP contribution in [-0.4, -0.2) is 22.4 Å². The number of amides is 1. The molecule has 2 aromatic rings. The molecule has 100 valence electrons. The largest absolute Gasteiger partial charge is 0.383 e. The zero-order valence-electron chi connectivity index (χ0n) is 10.7. The first-order valence-corrected chi connectivity index (χ1v) is 7.03. The SMILES string of the molecule is CCCNc1cnccc1C(=O)NCc1nccs1. The number of aromatic nitrogens is 2. The molecule has 0 unspecified atom stereocenters. The average Bonchev–Trinajstić information content (AvgIpc) is 2.96. The molecule has 19 heavy (non-hydrogen) atoms. The zero-order chi connectivity index (χ0) is 13.5. The predicted molar refractivity (Wildman–Crippen MR) is 76.3 cm³/mol. The van der Waals surface area contributed by atoms with Crippen LogP contribution in [0.2, 0.25) is 0 Å². The fraction of sp³-hybridized carbons (Fsp3) is 0.308. The van der Waals surface area contributed by atoms with E-state index in [1.165, 1.54) is 11.3 Å². The van der Waals surface area contributed by atoms with Gasteiger partial charge < -0.3 is 10.6 Å². The predicted octanol–water partition coefficient (Wildman–Crippen LogP) is 2.29. The molecule has 0 spiro atoms. The summed E-state index contributed by atoms with van der Waals surface area (Å²) in [5.74, 6) is -0.115. The normalized spacial score (nSPS) is 10.2. The summed E-state index contributed by atoms with van der Waals surface area (Å²) in [4.78, 5) is 20.3. The number of nitrogens with one attached hydrogen (secondary N) is 2. The minimum Gasteiger partial charge on any atom is -0.383 e. The highest BCUT2D eigenvalue weighted by molar-refractivity contribution is 7.09. The van der Waals surface area contributed by atoms with Crippen LogP contribution < -0.4 is 10.6 Å². The van der Waals surface area contributed by atoms with Gasteiger partial charge in [0.25, 0.3) is 5.91 Å². The van der Waals surface area contributed by atoms with Crippen molar-refractivity contribution in [2.75, 3.05) is 11.9 Å². The summed E-state index contributed by atoms with van der Waals surface area (Å²) < 4.78 is 0. The summed E-state index contributed by atoms with van der Waals surface area (Å²) in [5.41, 5.74) is 1.38. The van der Waals surface area contributed by atoms with Gasteiger partial charge in [-0.1, -0.05) is 6.92 Å². The highest BCUT2D eigenvalue weighted by Crippen LogP contribution is 2.13. The number of pyridine rings is 1. The molecule has 0 saturated heterocycles. The Hall–Kier alpha value is -1.95. The van der Waals surface area contributed by atoms with Gasteiger partial charge in [0.2, 0.25) is 0 Å². The third-order valence-corrected chi connectivity index (χ3v) is 3.29. The van der Waals surface area contributed by atoms with Crippen molar-refractivity contribution in [3.8, 4) is 0 Å². The van der Waals surface area contributed by atoms with E-state index < -0.39 is 0 Å². The van der Waals surface area contributed by atoms with Crippen molar-refractivity contribution in [1.82, 2.24) is 15.3 Å². The Bertz CT molecular complexity index is 527. The molecule has 0 fully saturated rings. The number of anilines is 1. The molecule has 0 aliphatic rings. The molecule has 0 saturated carbocycles. The highest BCUT2D eigenvalue weighted by atomic mass is 32.1. The van der Waals surface area contributed by atoms with Gasteiger partial charge in [-0.15, -0.1) is 11.3 Å². The number of nitrogens with zero attached hydrogens (tertiary/aromatic N) is 2. The monoisotopic (exact) mass is 276 g/mol. The second-order valence-electron chi connectivity index (χ2n) is 3.96. The summed E-state index contributed by atoms with van der Waals surface area (Å²) in [5, 5.41) is 8.85. The molecule has 0 aliphatic heterocycles. The summed E-state index contributed by atoms with van der Waals surface area (Å²) in [6.45, 7) is 3.34. The second kappa shape index (κ2) is 6.84. The van der Waals surface area contributed by atoms with Crippen molar-refractivity contribution in [3.63, 3.8) is 0 Å². The molecule has 6 heteroatoms. The molecule has 0 aliphatic carbocycles. The van der Waals surface area contributed by atoms with Crippen LogP contribution in [0, 0.1) is 0 Å². The van der Waals surface area contributed by atoms with Gasteiger partial charge in [0, 0.05) is 24.3 Å². The maximum atomic E-state index is 12.1. The van der Waals surface area contributed by atoms with Crippen LogP contribution in [0.25, 0.3) is 0 Å². The van der Waals surface area contributed by atoms with Crippen molar-refractivity contribution in [2.45, 2.75) is 19.9 Å². The van der Waals surface area contributed by atoms with Crippen LogP contribution in [0.3, 0.4) is 0 Å². The topological polar surface area (TPSA) is 66.9 Å². The third kappa shape index (κ3) is 3.75. The number of thiazole rings is 1. The van der Waals surface area contributed by atoms with E-state index in [9.17, 15) is 4.79 Å². The molecule has 5 nitrogen and oxygen atoms in total. The number of carbonyl (C=O) groups is 1. The lowest BCUT2D eigenvalue weighted by molar-refractivity contribution is 0.0951. The summed E-state index contributed by atoms with van der Waals surface area (Å²) in [6, 6.07) is 1.72. The quantitative estimate of drug-likeness (QED) is 0.849. The Kier molecular flexibility index (Phi) is 4.85. The zero-order valence-corrected chi connectivity index (χ0v) is 11.5. The van der Waals surface area contributed by atoms with Crippen LogP contribution in [0.15, 0.2) is 30.0 Å². The van der Waals surface area contributed by atoms with E-state index in [1.807, 2.05) is 5.38 Å². The third-order valence-electron chi connectivity index (χ3n) is 2.51. The van der Waals surface area contributed by atoms with E-state index in [0.717, 1.165) is 23.7 Å². The molecule has 2 aromatic heterocycles. The Morgan fingerprint density at radius 1 is 1.42 bits per heavy atom. The second-order valence-corrected chi connectivity index (χ2v) is 4.94. The number of carbonyl (C=O) groups excluding carboxylic acids is 1. The Morgan fingerprint density at radius 2 is 2.32 bits per heavy atom. The van der Waals surface area contributed by atoms with Gasteiger partial charge in [-0.05, 0) is 12.5 Å². The fourth-order valence-corrected chi connectivity index (χ4v) is 2.14. The first-order valence-electron chi connectivity index (χ1n) is 6.15. The lowest BCUT2D eigenvalue weighted by atomic mass is 10.2. The molecular formula is C13H16N4OS. The van der Waals surface area contributed by atoms with Crippen molar-refractivity contribution >= 4 is 22.9 Å². The molecule has 0 aromatic carbocycles. The summed E-state index contributed by atoms with van der Waals surface area (Å²) in [7, 11) is 0. The lowest BCUT2D eigenvalue weighted by Gasteiger charge is -2.10. The van der Waals surface area contributed by atoms with Gasteiger partial charge in [-0.2, -0.15) is 0 Å². The fourth-order valence-electron chi connectivity index (χ4n) is 1.58. The maximum absolute atomic E-state index is 12.1.